The number of ether oxygens (including phenoxy) is 1. The van der Waals surface area contributed by atoms with Crippen molar-refractivity contribution in [1.29, 1.82) is 5.26 Å². The number of nitriles is 1. The van der Waals surface area contributed by atoms with Gasteiger partial charge >= 0.3 is 0 Å². The van der Waals surface area contributed by atoms with Gasteiger partial charge in [-0.2, -0.15) is 5.26 Å². The van der Waals surface area contributed by atoms with Crippen LogP contribution in [0.1, 0.15) is 43.5 Å². The molecule has 13 heteroatoms. The summed E-state index contributed by atoms with van der Waals surface area (Å²) in [5.41, 5.74) is -0.0864. The molecule has 4 fully saturated rings. The van der Waals surface area contributed by atoms with Gasteiger partial charge in [-0.15, -0.1) is 10.2 Å². The molecule has 1 spiro atoms. The number of hydrogen-bond donors (Lipinski definition) is 1. The van der Waals surface area contributed by atoms with Gasteiger partial charge in [0.05, 0.1) is 29.7 Å². The van der Waals surface area contributed by atoms with E-state index >= 15 is 4.39 Å². The molecule has 0 amide bonds. The number of fused-ring (bicyclic) bond motifs is 1. The SMILES string of the molecule is N#CC1(c2nnc(-c3nc(Cl)c4c(N5CCC6(CC5)COC6)c(F)c(SNC5(CF)CC5)cn34)s2)CC1. The van der Waals surface area contributed by atoms with Crippen LogP contribution in [0.5, 0.6) is 0 Å². The van der Waals surface area contributed by atoms with E-state index in [9.17, 15) is 9.65 Å². The molecule has 2 saturated carbocycles. The van der Waals surface area contributed by atoms with Gasteiger partial charge in [-0.3, -0.25) is 9.12 Å². The lowest BCUT2D eigenvalue weighted by Crippen LogP contribution is -2.51. The number of hydrogen-bond acceptors (Lipinski definition) is 9. The van der Waals surface area contributed by atoms with Crippen molar-refractivity contribution in [1.82, 2.24) is 24.3 Å². The lowest BCUT2D eigenvalue weighted by atomic mass is 9.77. The van der Waals surface area contributed by atoms with Crippen LogP contribution in [0.4, 0.5) is 14.5 Å². The molecule has 7 rings (SSSR count). The first-order chi connectivity index (χ1) is 17.9. The molecule has 0 atom stereocenters. The fourth-order valence-corrected chi connectivity index (χ4v) is 7.33. The Labute approximate surface area is 225 Å². The number of piperidine rings is 1. The minimum atomic E-state index is -0.590. The Morgan fingerprint density at radius 3 is 2.54 bits per heavy atom. The molecular weight excluding hydrogens is 540 g/mol. The van der Waals surface area contributed by atoms with Crippen LogP contribution in [0, 0.1) is 22.6 Å². The second kappa shape index (κ2) is 8.48. The van der Waals surface area contributed by atoms with Crippen molar-refractivity contribution in [3.63, 3.8) is 0 Å². The predicted molar refractivity (Wildman–Crippen MR) is 137 cm³/mol. The van der Waals surface area contributed by atoms with Crippen molar-refractivity contribution >= 4 is 46.1 Å². The first-order valence-electron chi connectivity index (χ1n) is 12.4. The van der Waals surface area contributed by atoms with Gasteiger partial charge < -0.3 is 9.64 Å². The number of imidazole rings is 1. The van der Waals surface area contributed by atoms with Crippen molar-refractivity contribution in [2.24, 2.45) is 5.41 Å². The van der Waals surface area contributed by atoms with Crippen molar-refractivity contribution in [2.75, 3.05) is 37.9 Å². The molecule has 3 aromatic heterocycles. The second-order valence-electron chi connectivity index (χ2n) is 10.8. The highest BCUT2D eigenvalue weighted by Crippen LogP contribution is 2.50. The quantitative estimate of drug-likeness (QED) is 0.405. The number of anilines is 1. The number of alkyl halides is 1. The van der Waals surface area contributed by atoms with Crippen LogP contribution in [0.3, 0.4) is 0 Å². The number of nitrogens with one attached hydrogen (secondary N) is 1. The predicted octanol–water partition coefficient (Wildman–Crippen LogP) is 4.92. The van der Waals surface area contributed by atoms with Crippen molar-refractivity contribution in [2.45, 2.75) is 54.4 Å². The molecule has 0 unspecified atom stereocenters. The summed E-state index contributed by atoms with van der Waals surface area (Å²) >= 11 is 9.10. The lowest BCUT2D eigenvalue weighted by molar-refractivity contribution is -0.124. The summed E-state index contributed by atoms with van der Waals surface area (Å²) in [6, 6.07) is 2.35. The van der Waals surface area contributed by atoms with Crippen molar-refractivity contribution in [3.8, 4) is 16.9 Å². The highest BCUT2D eigenvalue weighted by molar-refractivity contribution is 7.97. The zero-order valence-electron chi connectivity index (χ0n) is 19.9. The van der Waals surface area contributed by atoms with E-state index in [4.69, 9.17) is 16.3 Å². The zero-order valence-corrected chi connectivity index (χ0v) is 22.3. The minimum Gasteiger partial charge on any atom is -0.380 e. The normalized spacial score (nSPS) is 22.7. The van der Waals surface area contributed by atoms with Gasteiger partial charge in [0, 0.05) is 24.7 Å². The van der Waals surface area contributed by atoms with Crippen LogP contribution in [-0.4, -0.2) is 58.1 Å². The Hall–Kier alpha value is -2.04. The summed E-state index contributed by atoms with van der Waals surface area (Å²) in [4.78, 5) is 6.96. The number of aromatic nitrogens is 4. The summed E-state index contributed by atoms with van der Waals surface area (Å²) in [5.74, 6) is 0.0567. The van der Waals surface area contributed by atoms with Gasteiger partial charge in [-0.1, -0.05) is 22.9 Å². The van der Waals surface area contributed by atoms with Crippen LogP contribution < -0.4 is 9.62 Å². The average Bonchev–Trinajstić information content (AvgIpc) is 3.79. The Morgan fingerprint density at radius 1 is 1.19 bits per heavy atom. The maximum absolute atomic E-state index is 16.2. The second-order valence-corrected chi connectivity index (χ2v) is 13.0. The molecule has 8 nitrogen and oxygen atoms in total. The smallest absolute Gasteiger partial charge is 0.184 e. The summed E-state index contributed by atoms with van der Waals surface area (Å²) in [7, 11) is 0. The molecule has 194 valence electrons. The van der Waals surface area contributed by atoms with Gasteiger partial charge in [0.1, 0.15) is 28.3 Å². The Morgan fingerprint density at radius 2 is 1.95 bits per heavy atom. The van der Waals surface area contributed by atoms with E-state index in [1.54, 1.807) is 10.6 Å². The first-order valence-corrected chi connectivity index (χ1v) is 14.4. The van der Waals surface area contributed by atoms with Crippen LogP contribution in [0.15, 0.2) is 11.1 Å². The van der Waals surface area contributed by atoms with E-state index < -0.39 is 23.4 Å². The van der Waals surface area contributed by atoms with E-state index in [1.807, 2.05) is 4.90 Å². The highest BCUT2D eigenvalue weighted by atomic mass is 35.5. The van der Waals surface area contributed by atoms with Crippen LogP contribution in [0.2, 0.25) is 5.15 Å². The number of halogens is 3. The van der Waals surface area contributed by atoms with Gasteiger partial charge in [0.2, 0.25) is 0 Å². The maximum atomic E-state index is 16.2. The molecule has 4 aliphatic rings. The third kappa shape index (κ3) is 3.85. The Kier molecular flexibility index (Phi) is 5.51. The van der Waals surface area contributed by atoms with E-state index in [0.717, 1.165) is 63.7 Å². The molecule has 5 heterocycles. The Bertz CT molecular complexity index is 1430. The minimum absolute atomic E-state index is 0.182. The molecule has 0 aromatic carbocycles. The third-order valence-corrected chi connectivity index (χ3v) is 10.6. The van der Waals surface area contributed by atoms with Crippen molar-refractivity contribution < 1.29 is 13.5 Å². The molecule has 2 aliphatic heterocycles. The van der Waals surface area contributed by atoms with Gasteiger partial charge in [0.25, 0.3) is 0 Å². The summed E-state index contributed by atoms with van der Waals surface area (Å²) < 4.78 is 40.1. The third-order valence-electron chi connectivity index (χ3n) is 8.20. The zero-order chi connectivity index (χ0) is 25.4. The van der Waals surface area contributed by atoms with E-state index in [1.165, 1.54) is 11.3 Å². The number of pyridine rings is 1. The monoisotopic (exact) mass is 563 g/mol. The molecular formula is C24H24ClF2N7OS2. The number of rotatable bonds is 7. The van der Waals surface area contributed by atoms with Crippen LogP contribution >= 0.6 is 34.9 Å². The van der Waals surface area contributed by atoms with Crippen molar-refractivity contribution in [3.05, 3.63) is 22.2 Å². The molecule has 1 N–H and O–H groups in total. The molecule has 2 aliphatic carbocycles. The Balaban J connectivity index is 1.32. The van der Waals surface area contributed by atoms with Crippen LogP contribution in [0.25, 0.3) is 16.3 Å². The fraction of sp³-hybridized carbons (Fsp3) is 0.583. The first kappa shape index (κ1) is 24.0. The highest BCUT2D eigenvalue weighted by Gasteiger charge is 2.48. The van der Waals surface area contributed by atoms with Gasteiger partial charge in [-0.05, 0) is 50.5 Å². The summed E-state index contributed by atoms with van der Waals surface area (Å²) in [6.45, 7) is 2.37. The number of nitrogens with zero attached hydrogens (tertiary/aromatic N) is 6. The standard InChI is InChI=1S/C24H24ClF2N7OS2/c25-18-17-16(33-7-5-22(6-8-33)12-35-13-22)15(27)14(37-32-24(10-26)3-4-24)9-34(17)19(29-18)20-30-31-21(36-20)23(11-28)1-2-23/h9,32H,1-8,10,12-13H2. The van der Waals surface area contributed by atoms with E-state index in [-0.39, 0.29) is 10.6 Å². The lowest BCUT2D eigenvalue weighted by Gasteiger charge is -2.48. The molecule has 37 heavy (non-hydrogen) atoms. The molecule has 2 saturated heterocycles. The largest absolute Gasteiger partial charge is 0.380 e. The topological polar surface area (TPSA) is 91.4 Å². The van der Waals surface area contributed by atoms with Gasteiger partial charge in [0.15, 0.2) is 21.8 Å². The van der Waals surface area contributed by atoms with Gasteiger partial charge in [-0.25, -0.2) is 13.8 Å². The maximum Gasteiger partial charge on any atom is 0.184 e. The fourth-order valence-electron chi connectivity index (χ4n) is 5.11. The summed E-state index contributed by atoms with van der Waals surface area (Å²) in [5, 5.41) is 19.6. The average molecular weight is 564 g/mol. The molecule has 0 bridgehead atoms. The van der Waals surface area contributed by atoms with E-state index in [2.05, 4.69) is 26.0 Å². The molecule has 0 radical (unpaired) electrons. The summed E-state index contributed by atoms with van der Waals surface area (Å²) in [6.07, 6.45) is 6.45. The molecule has 3 aromatic rings. The van der Waals surface area contributed by atoms with E-state index in [0.29, 0.717) is 45.0 Å². The van der Waals surface area contributed by atoms with Crippen LogP contribution in [-0.2, 0) is 10.2 Å².